The molecule has 2 N–H and O–H groups in total. The SMILES string of the molecule is CCCC.NC(=O)CCl. The molecule has 0 aliphatic carbocycles. The first kappa shape index (κ1) is 11.5. The predicted molar refractivity (Wildman–Crippen MR) is 40.5 cm³/mol. The summed E-state index contributed by atoms with van der Waals surface area (Å²) in [4.78, 5) is 9.46. The van der Waals surface area contributed by atoms with Gasteiger partial charge < -0.3 is 5.73 Å². The van der Waals surface area contributed by atoms with Crippen molar-refractivity contribution in [3.8, 4) is 0 Å². The van der Waals surface area contributed by atoms with Crippen molar-refractivity contribution in [2.75, 3.05) is 5.88 Å². The number of alkyl halides is 1. The van der Waals surface area contributed by atoms with Gasteiger partial charge in [0.25, 0.3) is 0 Å². The van der Waals surface area contributed by atoms with Gasteiger partial charge in [-0.15, -0.1) is 11.6 Å². The van der Waals surface area contributed by atoms with Crippen LogP contribution in [0.1, 0.15) is 26.7 Å². The van der Waals surface area contributed by atoms with Gasteiger partial charge in [-0.1, -0.05) is 26.7 Å². The molecule has 1 amide bonds. The van der Waals surface area contributed by atoms with Gasteiger partial charge >= 0.3 is 0 Å². The highest BCUT2D eigenvalue weighted by molar-refractivity contribution is 6.27. The van der Waals surface area contributed by atoms with Gasteiger partial charge in [-0.2, -0.15) is 0 Å². The lowest BCUT2D eigenvalue weighted by Crippen LogP contribution is -2.10. The number of nitrogens with two attached hydrogens (primary N) is 1. The molecule has 0 rings (SSSR count). The molecule has 0 saturated heterocycles. The van der Waals surface area contributed by atoms with Crippen molar-refractivity contribution >= 4 is 17.5 Å². The Labute approximate surface area is 61.4 Å². The van der Waals surface area contributed by atoms with Crippen molar-refractivity contribution in [2.24, 2.45) is 5.73 Å². The van der Waals surface area contributed by atoms with Crippen LogP contribution in [-0.4, -0.2) is 11.8 Å². The largest absolute Gasteiger partial charge is 0.369 e. The van der Waals surface area contributed by atoms with Crippen LogP contribution in [0.15, 0.2) is 0 Å². The molecular formula is C6H14ClNO. The average molecular weight is 152 g/mol. The number of carbonyl (C=O) groups is 1. The van der Waals surface area contributed by atoms with E-state index in [0.717, 1.165) is 0 Å². The fourth-order valence-electron chi connectivity index (χ4n) is 0. The number of hydrogen-bond acceptors (Lipinski definition) is 1. The van der Waals surface area contributed by atoms with Crippen LogP contribution in [0, 0.1) is 0 Å². The van der Waals surface area contributed by atoms with Crippen LogP contribution in [0.3, 0.4) is 0 Å². The lowest BCUT2D eigenvalue weighted by Gasteiger charge is -1.71. The van der Waals surface area contributed by atoms with Gasteiger partial charge in [-0.05, 0) is 0 Å². The molecular weight excluding hydrogens is 138 g/mol. The lowest BCUT2D eigenvalue weighted by atomic mass is 10.4. The molecule has 0 atom stereocenters. The van der Waals surface area contributed by atoms with Crippen LogP contribution in [-0.2, 0) is 4.79 Å². The second kappa shape index (κ2) is 10.7. The number of rotatable bonds is 2. The van der Waals surface area contributed by atoms with E-state index in [9.17, 15) is 4.79 Å². The van der Waals surface area contributed by atoms with Crippen molar-refractivity contribution in [3.05, 3.63) is 0 Å². The molecule has 56 valence electrons. The Balaban J connectivity index is 0. The standard InChI is InChI=1S/C4H10.C2H4ClNO/c1-3-4-2;3-1-2(4)5/h3-4H2,1-2H3;1H2,(H2,4,5). The second-order valence-electron chi connectivity index (χ2n) is 1.60. The summed E-state index contributed by atoms with van der Waals surface area (Å²) in [5, 5.41) is 0. The van der Waals surface area contributed by atoms with E-state index in [4.69, 9.17) is 11.6 Å². The highest BCUT2D eigenvalue weighted by Gasteiger charge is 1.79. The maximum atomic E-state index is 9.46. The summed E-state index contributed by atoms with van der Waals surface area (Å²) in [7, 11) is 0. The van der Waals surface area contributed by atoms with Crippen LogP contribution >= 0.6 is 11.6 Å². The molecule has 0 aliphatic rings. The van der Waals surface area contributed by atoms with E-state index in [1.807, 2.05) is 0 Å². The quantitative estimate of drug-likeness (QED) is 0.598. The van der Waals surface area contributed by atoms with Crippen molar-refractivity contribution in [1.29, 1.82) is 0 Å². The fourth-order valence-corrected chi connectivity index (χ4v) is 0. The van der Waals surface area contributed by atoms with Crippen molar-refractivity contribution < 1.29 is 4.79 Å². The smallest absolute Gasteiger partial charge is 0.232 e. The summed E-state index contributed by atoms with van der Waals surface area (Å²) in [5.74, 6) is -0.563. The van der Waals surface area contributed by atoms with Crippen LogP contribution in [0.5, 0.6) is 0 Å². The summed E-state index contributed by atoms with van der Waals surface area (Å²) in [5.41, 5.74) is 4.52. The molecule has 0 spiro atoms. The minimum atomic E-state index is -0.480. The Hall–Kier alpha value is -0.240. The molecule has 9 heavy (non-hydrogen) atoms. The van der Waals surface area contributed by atoms with Crippen molar-refractivity contribution in [2.45, 2.75) is 26.7 Å². The van der Waals surface area contributed by atoms with Crippen molar-refractivity contribution in [3.63, 3.8) is 0 Å². The third-order valence-corrected chi connectivity index (χ3v) is 0.895. The Morgan fingerprint density at radius 2 is 1.67 bits per heavy atom. The third kappa shape index (κ3) is 33.8. The second-order valence-corrected chi connectivity index (χ2v) is 1.87. The van der Waals surface area contributed by atoms with Gasteiger partial charge in [-0.25, -0.2) is 0 Å². The van der Waals surface area contributed by atoms with Gasteiger partial charge in [0.1, 0.15) is 5.88 Å². The molecule has 0 aromatic carbocycles. The predicted octanol–water partition coefficient (Wildman–Crippen LogP) is 1.52. The number of amides is 1. The summed E-state index contributed by atoms with van der Waals surface area (Å²) in [6.45, 7) is 4.36. The van der Waals surface area contributed by atoms with Crippen LogP contribution < -0.4 is 5.73 Å². The zero-order valence-corrected chi connectivity index (χ0v) is 6.74. The molecule has 0 fully saturated rings. The Bertz CT molecular complexity index is 64.1. The van der Waals surface area contributed by atoms with E-state index in [1.54, 1.807) is 0 Å². The van der Waals surface area contributed by atoms with Gasteiger partial charge in [0.05, 0.1) is 0 Å². The van der Waals surface area contributed by atoms with Gasteiger partial charge in [0.2, 0.25) is 5.91 Å². The highest BCUT2D eigenvalue weighted by Crippen LogP contribution is 1.76. The molecule has 0 radical (unpaired) electrons. The average Bonchev–Trinajstić information content (AvgIpc) is 1.89. The first-order chi connectivity index (χ1) is 4.18. The van der Waals surface area contributed by atoms with E-state index in [0.29, 0.717) is 0 Å². The van der Waals surface area contributed by atoms with Crippen molar-refractivity contribution in [1.82, 2.24) is 0 Å². The highest BCUT2D eigenvalue weighted by atomic mass is 35.5. The van der Waals surface area contributed by atoms with Gasteiger partial charge in [-0.3, -0.25) is 4.79 Å². The first-order valence-electron chi connectivity index (χ1n) is 3.03. The first-order valence-corrected chi connectivity index (χ1v) is 3.56. The van der Waals surface area contributed by atoms with Crippen LogP contribution in [0.4, 0.5) is 0 Å². The lowest BCUT2D eigenvalue weighted by molar-refractivity contribution is -0.115. The molecule has 0 heterocycles. The molecule has 0 aliphatic heterocycles. The topological polar surface area (TPSA) is 43.1 Å². The summed E-state index contributed by atoms with van der Waals surface area (Å²) < 4.78 is 0. The monoisotopic (exact) mass is 151 g/mol. The Morgan fingerprint density at radius 3 is 1.67 bits per heavy atom. The summed E-state index contributed by atoms with van der Waals surface area (Å²) in [6.07, 6.45) is 2.64. The summed E-state index contributed by atoms with van der Waals surface area (Å²) in [6, 6.07) is 0. The summed E-state index contributed by atoms with van der Waals surface area (Å²) >= 11 is 4.86. The van der Waals surface area contributed by atoms with E-state index in [1.165, 1.54) is 12.8 Å². The third-order valence-electron chi connectivity index (χ3n) is 0.632. The Morgan fingerprint density at radius 1 is 1.44 bits per heavy atom. The van der Waals surface area contributed by atoms with E-state index >= 15 is 0 Å². The maximum absolute atomic E-state index is 9.46. The van der Waals surface area contributed by atoms with E-state index in [-0.39, 0.29) is 5.88 Å². The minimum Gasteiger partial charge on any atom is -0.369 e. The number of unbranched alkanes of at least 4 members (excludes halogenated alkanes) is 1. The normalized spacial score (nSPS) is 7.44. The molecule has 0 bridgehead atoms. The Kier molecular flexibility index (Phi) is 13.7. The molecule has 0 aromatic heterocycles. The van der Waals surface area contributed by atoms with E-state index in [2.05, 4.69) is 19.6 Å². The van der Waals surface area contributed by atoms with Crippen LogP contribution in [0.25, 0.3) is 0 Å². The molecule has 0 unspecified atom stereocenters. The number of primary amides is 1. The molecule has 0 aromatic rings. The number of hydrogen-bond donors (Lipinski definition) is 1. The molecule has 3 heteroatoms. The van der Waals surface area contributed by atoms with E-state index < -0.39 is 5.91 Å². The fraction of sp³-hybridized carbons (Fsp3) is 0.833. The molecule has 0 saturated carbocycles. The zero-order chi connectivity index (χ0) is 7.70. The number of halogens is 1. The van der Waals surface area contributed by atoms with Crippen LogP contribution in [0.2, 0.25) is 0 Å². The number of carbonyl (C=O) groups excluding carboxylic acids is 1. The van der Waals surface area contributed by atoms with Gasteiger partial charge in [0.15, 0.2) is 0 Å². The molecule has 2 nitrogen and oxygen atoms in total. The minimum absolute atomic E-state index is 0.0833. The zero-order valence-electron chi connectivity index (χ0n) is 5.98. The van der Waals surface area contributed by atoms with Gasteiger partial charge in [0, 0.05) is 0 Å². The maximum Gasteiger partial charge on any atom is 0.232 e.